The minimum absolute atomic E-state index is 0.339. The molecular weight excluding hydrogens is 334 g/mol. The quantitative estimate of drug-likeness (QED) is 0.364. The van der Waals surface area contributed by atoms with Gasteiger partial charge in [-0.15, -0.1) is 0 Å². The van der Waals surface area contributed by atoms with Gasteiger partial charge in [-0.3, -0.25) is 14.6 Å². The fourth-order valence-corrected chi connectivity index (χ4v) is 1.96. The topological polar surface area (TPSA) is 55.7 Å². The summed E-state index contributed by atoms with van der Waals surface area (Å²) in [6.07, 6.45) is 0. The van der Waals surface area contributed by atoms with E-state index in [4.69, 9.17) is 11.6 Å². The zero-order valence-corrected chi connectivity index (χ0v) is 13.1. The van der Waals surface area contributed by atoms with Crippen LogP contribution in [0.3, 0.4) is 0 Å². The Balaban J connectivity index is 3.19. The second-order valence-electron chi connectivity index (χ2n) is 3.81. The van der Waals surface area contributed by atoms with Gasteiger partial charge in [-0.25, -0.2) is 0 Å². The zero-order valence-electron chi connectivity index (χ0n) is 10.7. The van der Waals surface area contributed by atoms with Gasteiger partial charge in [0.1, 0.15) is 0 Å². The third kappa shape index (κ3) is 3.64. The monoisotopic (exact) mass is 345 g/mol. The molecule has 1 atom stereocenters. The average molecular weight is 347 g/mol. The largest absolute Gasteiger partial charge is 0.468 e. The van der Waals surface area contributed by atoms with Gasteiger partial charge >= 0.3 is 5.97 Å². The molecule has 102 valence electrons. The number of halogens is 2. The van der Waals surface area contributed by atoms with Gasteiger partial charge in [0.05, 0.1) is 12.1 Å². The summed E-state index contributed by atoms with van der Waals surface area (Å²) >= 11 is 9.19. The summed E-state index contributed by atoms with van der Waals surface area (Å²) in [5.74, 6) is -2.05. The number of carbonyl (C=O) groups excluding carboxylic acids is 2. The second-order valence-corrected chi connectivity index (χ2v) is 5.08. The van der Waals surface area contributed by atoms with Gasteiger partial charge in [-0.1, -0.05) is 17.7 Å². The number of Topliss-reactive ketones (excluding diaryl/α,β-unsaturated/α-hetero) is 1. The summed E-state index contributed by atoms with van der Waals surface area (Å²) < 4.78 is 5.33. The number of ether oxygens (including phenoxy) is 1. The van der Waals surface area contributed by atoms with E-state index >= 15 is 0 Å². The van der Waals surface area contributed by atoms with E-state index in [0.717, 1.165) is 0 Å². The van der Waals surface area contributed by atoms with Gasteiger partial charge in [0, 0.05) is 22.8 Å². The van der Waals surface area contributed by atoms with Gasteiger partial charge in [0.2, 0.25) is 0 Å². The standard InChI is InChI=1S/C13H13BrClNO3/c1-7(16-2)11(13(18)19-3)12(17)8-4-5-9(14)10(15)6-8/h4-6,11H,1-3H3/b16-7+. The number of hydrogen-bond acceptors (Lipinski definition) is 4. The van der Waals surface area contributed by atoms with Crippen LogP contribution < -0.4 is 0 Å². The van der Waals surface area contributed by atoms with Crippen molar-refractivity contribution < 1.29 is 14.3 Å². The smallest absolute Gasteiger partial charge is 0.322 e. The summed E-state index contributed by atoms with van der Waals surface area (Å²) in [6, 6.07) is 4.76. The lowest BCUT2D eigenvalue weighted by Crippen LogP contribution is -2.31. The Morgan fingerprint density at radius 3 is 2.53 bits per heavy atom. The molecular formula is C13H13BrClNO3. The molecule has 1 aromatic carbocycles. The Morgan fingerprint density at radius 1 is 1.42 bits per heavy atom. The van der Waals surface area contributed by atoms with Crippen molar-refractivity contribution in [2.45, 2.75) is 6.92 Å². The third-order valence-electron chi connectivity index (χ3n) is 2.67. The van der Waals surface area contributed by atoms with Crippen LogP contribution in [0.1, 0.15) is 17.3 Å². The molecule has 6 heteroatoms. The first-order chi connectivity index (χ1) is 8.92. The van der Waals surface area contributed by atoms with Gasteiger partial charge in [0.25, 0.3) is 0 Å². The molecule has 1 aromatic rings. The highest BCUT2D eigenvalue weighted by Gasteiger charge is 2.31. The first-order valence-electron chi connectivity index (χ1n) is 5.42. The van der Waals surface area contributed by atoms with E-state index in [1.165, 1.54) is 20.2 Å². The van der Waals surface area contributed by atoms with Crippen LogP contribution in [0.5, 0.6) is 0 Å². The highest BCUT2D eigenvalue weighted by Crippen LogP contribution is 2.25. The lowest BCUT2D eigenvalue weighted by Gasteiger charge is -2.13. The third-order valence-corrected chi connectivity index (χ3v) is 3.91. The molecule has 1 rings (SSSR count). The van der Waals surface area contributed by atoms with Crippen LogP contribution >= 0.6 is 27.5 Å². The molecule has 0 radical (unpaired) electrons. The molecule has 4 nitrogen and oxygen atoms in total. The molecule has 0 aliphatic rings. The number of ketones is 1. The van der Waals surface area contributed by atoms with E-state index in [2.05, 4.69) is 25.7 Å². The summed E-state index contributed by atoms with van der Waals surface area (Å²) in [7, 11) is 2.76. The van der Waals surface area contributed by atoms with Crippen molar-refractivity contribution in [3.8, 4) is 0 Å². The molecule has 0 bridgehead atoms. The molecule has 0 aliphatic heterocycles. The lowest BCUT2D eigenvalue weighted by molar-refractivity contribution is -0.141. The van der Waals surface area contributed by atoms with Crippen molar-refractivity contribution in [3.63, 3.8) is 0 Å². The summed E-state index contributed by atoms with van der Waals surface area (Å²) in [4.78, 5) is 28.0. The predicted octanol–water partition coefficient (Wildman–Crippen LogP) is 3.17. The fourth-order valence-electron chi connectivity index (χ4n) is 1.53. The molecule has 0 aliphatic carbocycles. The van der Waals surface area contributed by atoms with Crippen LogP contribution in [0.15, 0.2) is 27.7 Å². The van der Waals surface area contributed by atoms with Gasteiger partial charge in [-0.2, -0.15) is 0 Å². The van der Waals surface area contributed by atoms with Gasteiger partial charge in [0.15, 0.2) is 11.7 Å². The van der Waals surface area contributed by atoms with Crippen LogP contribution in [-0.4, -0.2) is 31.6 Å². The molecule has 0 amide bonds. The van der Waals surface area contributed by atoms with E-state index in [0.29, 0.717) is 20.8 Å². The summed E-state index contributed by atoms with van der Waals surface area (Å²) in [6.45, 7) is 1.61. The maximum atomic E-state index is 12.4. The molecule has 0 aromatic heterocycles. The Hall–Kier alpha value is -1.20. The minimum atomic E-state index is -1.03. The first kappa shape index (κ1) is 15.9. The van der Waals surface area contributed by atoms with Crippen LogP contribution in [0.25, 0.3) is 0 Å². The van der Waals surface area contributed by atoms with Crippen LogP contribution in [-0.2, 0) is 9.53 Å². The molecule has 0 fully saturated rings. The number of hydrogen-bond donors (Lipinski definition) is 0. The lowest BCUT2D eigenvalue weighted by atomic mass is 9.94. The van der Waals surface area contributed by atoms with Gasteiger partial charge in [-0.05, 0) is 35.0 Å². The molecule has 0 heterocycles. The van der Waals surface area contributed by atoms with Crippen LogP contribution in [0.4, 0.5) is 0 Å². The van der Waals surface area contributed by atoms with Crippen molar-refractivity contribution in [1.29, 1.82) is 0 Å². The second kappa shape index (κ2) is 6.82. The van der Waals surface area contributed by atoms with E-state index < -0.39 is 11.9 Å². The first-order valence-corrected chi connectivity index (χ1v) is 6.59. The number of esters is 1. The average Bonchev–Trinajstić information content (AvgIpc) is 2.41. The number of benzene rings is 1. The Kier molecular flexibility index (Phi) is 5.69. The van der Waals surface area contributed by atoms with E-state index in [1.54, 1.807) is 19.1 Å². The number of methoxy groups -OCH3 is 1. The molecule has 0 spiro atoms. The van der Waals surface area contributed by atoms with Crippen molar-refractivity contribution in [3.05, 3.63) is 33.3 Å². The van der Waals surface area contributed by atoms with Crippen LogP contribution in [0.2, 0.25) is 5.02 Å². The number of carbonyl (C=O) groups is 2. The predicted molar refractivity (Wildman–Crippen MR) is 78.0 cm³/mol. The Labute approximate surface area is 124 Å². The maximum Gasteiger partial charge on any atom is 0.322 e. The Bertz CT molecular complexity index is 543. The maximum absolute atomic E-state index is 12.4. The molecule has 0 saturated heterocycles. The molecule has 0 N–H and O–H groups in total. The fraction of sp³-hybridized carbons (Fsp3) is 0.308. The zero-order chi connectivity index (χ0) is 14.6. The molecule has 0 saturated carbocycles. The van der Waals surface area contributed by atoms with Crippen molar-refractivity contribution in [2.75, 3.05) is 14.2 Å². The molecule has 19 heavy (non-hydrogen) atoms. The van der Waals surface area contributed by atoms with Crippen LogP contribution in [0, 0.1) is 5.92 Å². The van der Waals surface area contributed by atoms with E-state index in [9.17, 15) is 9.59 Å². The minimum Gasteiger partial charge on any atom is -0.468 e. The number of rotatable bonds is 4. The Morgan fingerprint density at radius 2 is 2.05 bits per heavy atom. The highest BCUT2D eigenvalue weighted by molar-refractivity contribution is 9.10. The normalized spacial score (nSPS) is 13.0. The summed E-state index contributed by atoms with van der Waals surface area (Å²) in [5, 5.41) is 0.403. The summed E-state index contributed by atoms with van der Waals surface area (Å²) in [5.41, 5.74) is 0.738. The van der Waals surface area contributed by atoms with Crippen molar-refractivity contribution in [2.24, 2.45) is 10.9 Å². The highest BCUT2D eigenvalue weighted by atomic mass is 79.9. The van der Waals surface area contributed by atoms with Gasteiger partial charge < -0.3 is 4.74 Å². The molecule has 1 unspecified atom stereocenters. The SMILES string of the molecule is C/N=C(\C)C(C(=O)OC)C(=O)c1ccc(Br)c(Cl)c1. The van der Waals surface area contributed by atoms with Crippen molar-refractivity contribution >= 4 is 45.0 Å². The van der Waals surface area contributed by atoms with E-state index in [-0.39, 0.29) is 5.78 Å². The van der Waals surface area contributed by atoms with E-state index in [1.807, 2.05) is 0 Å². The number of aliphatic imine (C=N–C) groups is 1. The number of nitrogens with zero attached hydrogens (tertiary/aromatic N) is 1. The van der Waals surface area contributed by atoms with Crippen molar-refractivity contribution in [1.82, 2.24) is 0 Å².